The summed E-state index contributed by atoms with van der Waals surface area (Å²) in [4.78, 5) is 0. The molecule has 12 heavy (non-hydrogen) atoms. The highest BCUT2D eigenvalue weighted by Crippen LogP contribution is 1.95. The van der Waals surface area contributed by atoms with Gasteiger partial charge in [-0.15, -0.1) is 5.10 Å². The summed E-state index contributed by atoms with van der Waals surface area (Å²) < 4.78 is 1.65. The highest BCUT2D eigenvalue weighted by atomic mass is 16.3. The molecular weight excluding hydrogens is 156 g/mol. The molecule has 0 aromatic carbocycles. The molecule has 0 spiro atoms. The lowest BCUT2D eigenvalue weighted by molar-refractivity contribution is 0.276. The molecule has 1 atom stereocenters. The summed E-state index contributed by atoms with van der Waals surface area (Å²) in [6, 6.07) is 0.109. The monoisotopic (exact) mass is 170 g/mol. The molecule has 0 saturated carbocycles. The van der Waals surface area contributed by atoms with Crippen LogP contribution in [0.15, 0.2) is 6.20 Å². The first-order valence-electron chi connectivity index (χ1n) is 4.01. The molecule has 0 aliphatic heterocycles. The molecule has 3 N–H and O–H groups in total. The van der Waals surface area contributed by atoms with E-state index in [-0.39, 0.29) is 12.6 Å². The molecule has 0 fully saturated rings. The largest absolute Gasteiger partial charge is 0.390 e. The second-order valence-electron chi connectivity index (χ2n) is 2.76. The zero-order valence-electron chi connectivity index (χ0n) is 7.14. The van der Waals surface area contributed by atoms with E-state index in [1.54, 1.807) is 10.9 Å². The van der Waals surface area contributed by atoms with Crippen LogP contribution in [0.5, 0.6) is 0 Å². The van der Waals surface area contributed by atoms with Crippen LogP contribution in [-0.2, 0) is 13.2 Å². The maximum Gasteiger partial charge on any atom is 0.108 e. The Balaban J connectivity index is 2.52. The molecule has 1 heterocycles. The summed E-state index contributed by atoms with van der Waals surface area (Å²) in [6.45, 7) is 2.61. The summed E-state index contributed by atoms with van der Waals surface area (Å²) in [7, 11) is 0. The van der Waals surface area contributed by atoms with Crippen LogP contribution in [0.1, 0.15) is 19.0 Å². The van der Waals surface area contributed by atoms with Crippen molar-refractivity contribution in [2.24, 2.45) is 5.73 Å². The van der Waals surface area contributed by atoms with Crippen molar-refractivity contribution < 1.29 is 5.11 Å². The van der Waals surface area contributed by atoms with Gasteiger partial charge in [0, 0.05) is 6.04 Å². The topological polar surface area (TPSA) is 77.0 Å². The fraction of sp³-hybridized carbons (Fsp3) is 0.714. The first-order valence-corrected chi connectivity index (χ1v) is 4.01. The van der Waals surface area contributed by atoms with Crippen molar-refractivity contribution in [2.75, 3.05) is 0 Å². The third-order valence-electron chi connectivity index (χ3n) is 1.69. The van der Waals surface area contributed by atoms with E-state index in [0.717, 1.165) is 6.42 Å². The fourth-order valence-electron chi connectivity index (χ4n) is 0.870. The number of nitrogens with two attached hydrogens (primary N) is 1. The Kier molecular flexibility index (Phi) is 3.19. The quantitative estimate of drug-likeness (QED) is 0.639. The minimum atomic E-state index is -0.0681. The Hall–Kier alpha value is -0.940. The van der Waals surface area contributed by atoms with Gasteiger partial charge in [-0.05, 0) is 6.42 Å². The minimum Gasteiger partial charge on any atom is -0.390 e. The summed E-state index contributed by atoms with van der Waals surface area (Å²) in [5.41, 5.74) is 6.29. The molecule has 0 unspecified atom stereocenters. The zero-order chi connectivity index (χ0) is 8.97. The van der Waals surface area contributed by atoms with Gasteiger partial charge in [-0.2, -0.15) is 0 Å². The lowest BCUT2D eigenvalue weighted by Gasteiger charge is -2.06. The average molecular weight is 170 g/mol. The van der Waals surface area contributed by atoms with Gasteiger partial charge in [0.2, 0.25) is 0 Å². The predicted octanol–water partition coefficient (Wildman–Crippen LogP) is -0.492. The Morgan fingerprint density at radius 2 is 2.50 bits per heavy atom. The van der Waals surface area contributed by atoms with Crippen molar-refractivity contribution in [3.63, 3.8) is 0 Å². The van der Waals surface area contributed by atoms with Crippen molar-refractivity contribution in [3.8, 4) is 0 Å². The SMILES string of the molecule is CC[C@H](N)Cn1cc(CO)nn1. The molecule has 1 aromatic rings. The number of aromatic nitrogens is 3. The molecule has 5 nitrogen and oxygen atoms in total. The van der Waals surface area contributed by atoms with Crippen LogP contribution in [0.2, 0.25) is 0 Å². The fourth-order valence-corrected chi connectivity index (χ4v) is 0.870. The number of rotatable bonds is 4. The van der Waals surface area contributed by atoms with Crippen molar-refractivity contribution in [1.29, 1.82) is 0 Å². The van der Waals surface area contributed by atoms with Crippen molar-refractivity contribution >= 4 is 0 Å². The molecule has 1 aromatic heterocycles. The van der Waals surface area contributed by atoms with E-state index in [2.05, 4.69) is 10.3 Å². The third kappa shape index (κ3) is 2.28. The van der Waals surface area contributed by atoms with Gasteiger partial charge in [0.05, 0.1) is 19.3 Å². The van der Waals surface area contributed by atoms with Crippen LogP contribution >= 0.6 is 0 Å². The molecule has 0 aliphatic rings. The second-order valence-corrected chi connectivity index (χ2v) is 2.76. The van der Waals surface area contributed by atoms with Gasteiger partial charge >= 0.3 is 0 Å². The van der Waals surface area contributed by atoms with Crippen molar-refractivity contribution in [3.05, 3.63) is 11.9 Å². The summed E-state index contributed by atoms with van der Waals surface area (Å²) >= 11 is 0. The number of hydrogen-bond acceptors (Lipinski definition) is 4. The van der Waals surface area contributed by atoms with E-state index < -0.39 is 0 Å². The predicted molar refractivity (Wildman–Crippen MR) is 44.2 cm³/mol. The van der Waals surface area contributed by atoms with E-state index in [1.165, 1.54) is 0 Å². The van der Waals surface area contributed by atoms with Gasteiger partial charge in [-0.25, -0.2) is 0 Å². The average Bonchev–Trinajstić information content (AvgIpc) is 2.52. The van der Waals surface area contributed by atoms with Gasteiger partial charge in [-0.3, -0.25) is 4.68 Å². The standard InChI is InChI=1S/C7H14N4O/c1-2-6(8)3-11-4-7(5-12)9-10-11/h4,6,12H,2-3,5,8H2,1H3/t6-/m0/s1. The summed E-state index contributed by atoms with van der Waals surface area (Å²) in [6.07, 6.45) is 2.61. The third-order valence-corrected chi connectivity index (χ3v) is 1.69. The van der Waals surface area contributed by atoms with Crippen LogP contribution in [0, 0.1) is 0 Å². The molecule has 68 valence electrons. The molecule has 0 radical (unpaired) electrons. The number of aliphatic hydroxyl groups excluding tert-OH is 1. The molecule has 0 aliphatic carbocycles. The summed E-state index contributed by atoms with van der Waals surface area (Å²) in [5.74, 6) is 0. The van der Waals surface area contributed by atoms with Gasteiger partial charge in [0.1, 0.15) is 5.69 Å². The Bertz CT molecular complexity index is 235. The Morgan fingerprint density at radius 1 is 1.75 bits per heavy atom. The first-order chi connectivity index (χ1) is 5.76. The molecule has 0 bridgehead atoms. The molecule has 5 heteroatoms. The van der Waals surface area contributed by atoms with Crippen molar-refractivity contribution in [1.82, 2.24) is 15.0 Å². The Morgan fingerprint density at radius 3 is 3.00 bits per heavy atom. The molecule has 1 rings (SSSR count). The maximum atomic E-state index is 8.70. The molecular formula is C7H14N4O. The van der Waals surface area contributed by atoms with Crippen LogP contribution in [0.3, 0.4) is 0 Å². The molecule has 0 amide bonds. The van der Waals surface area contributed by atoms with E-state index in [4.69, 9.17) is 10.8 Å². The van der Waals surface area contributed by atoms with Gasteiger partial charge in [0.15, 0.2) is 0 Å². The van der Waals surface area contributed by atoms with Crippen LogP contribution in [0.4, 0.5) is 0 Å². The van der Waals surface area contributed by atoms with Gasteiger partial charge in [-0.1, -0.05) is 12.1 Å². The van der Waals surface area contributed by atoms with Gasteiger partial charge in [0.25, 0.3) is 0 Å². The highest BCUT2D eigenvalue weighted by Gasteiger charge is 2.02. The second kappa shape index (κ2) is 4.18. The lowest BCUT2D eigenvalue weighted by atomic mass is 10.2. The first kappa shape index (κ1) is 9.15. The zero-order valence-corrected chi connectivity index (χ0v) is 7.14. The van der Waals surface area contributed by atoms with Crippen LogP contribution in [0.25, 0.3) is 0 Å². The minimum absolute atomic E-state index is 0.0681. The van der Waals surface area contributed by atoms with E-state index in [0.29, 0.717) is 12.2 Å². The summed E-state index contributed by atoms with van der Waals surface area (Å²) in [5, 5.41) is 16.2. The normalized spacial score (nSPS) is 13.2. The number of hydrogen-bond donors (Lipinski definition) is 2. The van der Waals surface area contributed by atoms with E-state index in [1.807, 2.05) is 6.92 Å². The smallest absolute Gasteiger partial charge is 0.108 e. The van der Waals surface area contributed by atoms with E-state index in [9.17, 15) is 0 Å². The maximum absolute atomic E-state index is 8.70. The molecule has 0 saturated heterocycles. The highest BCUT2D eigenvalue weighted by molar-refractivity contribution is 4.89. The lowest BCUT2D eigenvalue weighted by Crippen LogP contribution is -2.25. The number of nitrogens with zero attached hydrogens (tertiary/aromatic N) is 3. The van der Waals surface area contributed by atoms with Crippen LogP contribution in [-0.4, -0.2) is 26.1 Å². The number of aliphatic hydroxyl groups is 1. The van der Waals surface area contributed by atoms with Crippen molar-refractivity contribution in [2.45, 2.75) is 32.5 Å². The van der Waals surface area contributed by atoms with Gasteiger partial charge < -0.3 is 10.8 Å². The van der Waals surface area contributed by atoms with E-state index >= 15 is 0 Å². The van der Waals surface area contributed by atoms with Crippen LogP contribution < -0.4 is 5.73 Å². The Labute approximate surface area is 71.2 Å².